The van der Waals surface area contributed by atoms with Gasteiger partial charge < -0.3 is 4.57 Å². The minimum Gasteiger partial charge on any atom is -0.318 e. The minimum atomic E-state index is 0.777. The van der Waals surface area contributed by atoms with Crippen LogP contribution < -0.4 is 0 Å². The lowest BCUT2D eigenvalue weighted by Gasteiger charge is -2.08. The van der Waals surface area contributed by atoms with Gasteiger partial charge in [-0.25, -0.2) is 9.98 Å². The van der Waals surface area contributed by atoms with Crippen molar-refractivity contribution in [3.05, 3.63) is 54.4 Å². The number of imidazole rings is 1. The number of benzene rings is 2. The Bertz CT molecular complexity index is 1100. The molecular formula is C18H14N4. The smallest absolute Gasteiger partial charge is 0.196 e. The van der Waals surface area contributed by atoms with Crippen molar-refractivity contribution < 1.29 is 0 Å². The van der Waals surface area contributed by atoms with Crippen molar-refractivity contribution in [1.29, 1.82) is 0 Å². The van der Waals surface area contributed by atoms with Crippen LogP contribution in [0.2, 0.25) is 0 Å². The number of aliphatic imine (C=N–C) groups is 1. The Labute approximate surface area is 127 Å². The van der Waals surface area contributed by atoms with Crippen LogP contribution in [0.4, 0.5) is 5.82 Å². The molecule has 0 radical (unpaired) electrons. The van der Waals surface area contributed by atoms with Crippen LogP contribution in [0.3, 0.4) is 0 Å². The summed E-state index contributed by atoms with van der Waals surface area (Å²) in [7, 11) is 2.02. The molecule has 0 spiro atoms. The average molecular weight is 286 g/mol. The van der Waals surface area contributed by atoms with Crippen LogP contribution in [0.5, 0.6) is 0 Å². The maximum Gasteiger partial charge on any atom is 0.196 e. The zero-order valence-electron chi connectivity index (χ0n) is 12.4. The fourth-order valence-electron chi connectivity index (χ4n) is 3.50. The molecule has 0 amide bonds. The fraction of sp³-hybridized carbons (Fsp3) is 0.111. The maximum atomic E-state index is 4.74. The Morgan fingerprint density at radius 1 is 0.955 bits per heavy atom. The lowest BCUT2D eigenvalue weighted by molar-refractivity contribution is 0.864. The number of fused-ring (bicyclic) bond motifs is 5. The van der Waals surface area contributed by atoms with E-state index in [9.17, 15) is 0 Å². The topological polar surface area (TPSA) is 35.1 Å². The lowest BCUT2D eigenvalue weighted by Crippen LogP contribution is -2.02. The van der Waals surface area contributed by atoms with E-state index < -0.39 is 0 Å². The van der Waals surface area contributed by atoms with Gasteiger partial charge in [-0.1, -0.05) is 36.4 Å². The Hall–Kier alpha value is -2.88. The number of hydrogen-bond donors (Lipinski definition) is 0. The van der Waals surface area contributed by atoms with Crippen LogP contribution in [-0.4, -0.2) is 19.8 Å². The van der Waals surface area contributed by atoms with Gasteiger partial charge in [0.1, 0.15) is 0 Å². The molecule has 0 aliphatic carbocycles. The predicted molar refractivity (Wildman–Crippen MR) is 89.4 cm³/mol. The molecule has 106 valence electrons. The maximum absolute atomic E-state index is 4.74. The van der Waals surface area contributed by atoms with E-state index in [-0.39, 0.29) is 0 Å². The molecule has 5 rings (SSSR count). The van der Waals surface area contributed by atoms with Crippen LogP contribution >= 0.6 is 0 Å². The summed E-state index contributed by atoms with van der Waals surface area (Å²) in [6.45, 7) is 2.06. The first-order valence-corrected chi connectivity index (χ1v) is 7.35. The third kappa shape index (κ3) is 1.27. The van der Waals surface area contributed by atoms with Crippen LogP contribution in [0, 0.1) is 0 Å². The zero-order valence-corrected chi connectivity index (χ0v) is 12.4. The third-order valence-electron chi connectivity index (χ3n) is 4.46. The van der Waals surface area contributed by atoms with Crippen LogP contribution in [-0.2, 0) is 7.05 Å². The molecule has 1 aliphatic heterocycles. The number of rotatable bonds is 0. The van der Waals surface area contributed by atoms with Crippen molar-refractivity contribution >= 4 is 33.3 Å². The first-order valence-electron chi connectivity index (χ1n) is 7.35. The molecule has 0 atom stereocenters. The highest BCUT2D eigenvalue weighted by atomic mass is 15.2. The van der Waals surface area contributed by atoms with E-state index in [4.69, 9.17) is 4.99 Å². The molecule has 0 unspecified atom stereocenters. The second-order valence-electron chi connectivity index (χ2n) is 5.75. The van der Waals surface area contributed by atoms with Gasteiger partial charge in [0.25, 0.3) is 0 Å². The summed E-state index contributed by atoms with van der Waals surface area (Å²) in [5, 5.41) is 2.53. The highest BCUT2D eigenvalue weighted by molar-refractivity contribution is 6.19. The van der Waals surface area contributed by atoms with E-state index in [0.717, 1.165) is 17.3 Å². The van der Waals surface area contributed by atoms with E-state index in [1.54, 1.807) is 0 Å². The molecular weight excluding hydrogens is 272 g/mol. The number of para-hydroxylation sites is 2. The van der Waals surface area contributed by atoms with Crippen molar-refractivity contribution in [2.75, 3.05) is 0 Å². The number of hydrogen-bond acceptors (Lipinski definition) is 2. The first kappa shape index (κ1) is 11.7. The predicted octanol–water partition coefficient (Wildman–Crippen LogP) is 3.97. The molecule has 0 saturated carbocycles. The largest absolute Gasteiger partial charge is 0.318 e. The van der Waals surface area contributed by atoms with E-state index in [1.807, 2.05) is 17.9 Å². The zero-order chi connectivity index (χ0) is 14.8. The van der Waals surface area contributed by atoms with Gasteiger partial charge in [-0.05, 0) is 13.0 Å². The monoisotopic (exact) mass is 286 g/mol. The minimum absolute atomic E-state index is 0.777. The van der Waals surface area contributed by atoms with Crippen molar-refractivity contribution in [3.8, 4) is 5.82 Å². The second kappa shape index (κ2) is 3.85. The van der Waals surface area contributed by atoms with Crippen molar-refractivity contribution in [1.82, 2.24) is 14.1 Å². The highest BCUT2D eigenvalue weighted by Gasteiger charge is 2.23. The fourth-order valence-corrected chi connectivity index (χ4v) is 3.50. The molecule has 2 aromatic carbocycles. The highest BCUT2D eigenvalue weighted by Crippen LogP contribution is 2.38. The summed E-state index contributed by atoms with van der Waals surface area (Å²) in [6, 6.07) is 15.0. The van der Waals surface area contributed by atoms with E-state index in [1.165, 1.54) is 27.4 Å². The van der Waals surface area contributed by atoms with Gasteiger partial charge in [0.2, 0.25) is 0 Å². The van der Waals surface area contributed by atoms with Crippen molar-refractivity contribution in [2.45, 2.75) is 6.92 Å². The molecule has 0 saturated heterocycles. The number of aryl methyl sites for hydroxylation is 1. The summed E-state index contributed by atoms with van der Waals surface area (Å²) in [5.74, 6) is 1.80. The Kier molecular flexibility index (Phi) is 2.06. The Morgan fingerprint density at radius 2 is 1.77 bits per heavy atom. The number of aromatic nitrogens is 3. The van der Waals surface area contributed by atoms with Crippen LogP contribution in [0.1, 0.15) is 12.5 Å². The van der Waals surface area contributed by atoms with Crippen molar-refractivity contribution in [2.24, 2.45) is 12.0 Å². The van der Waals surface area contributed by atoms with Crippen LogP contribution in [0.15, 0.2) is 53.8 Å². The van der Waals surface area contributed by atoms with E-state index in [2.05, 4.69) is 58.9 Å². The number of nitrogens with zero attached hydrogens (tertiary/aromatic N) is 4. The van der Waals surface area contributed by atoms with Gasteiger partial charge >= 0.3 is 0 Å². The molecule has 0 bridgehead atoms. The third-order valence-corrected chi connectivity index (χ3v) is 4.46. The second-order valence-corrected chi connectivity index (χ2v) is 5.75. The normalized spacial score (nSPS) is 13.3. The quantitative estimate of drug-likeness (QED) is 0.481. The molecule has 1 aliphatic rings. The molecule has 4 nitrogen and oxygen atoms in total. The standard InChI is InChI=1S/C18H14N4/c1-11-12-7-5-8-14-13-6-3-4-9-15(13)22(16(12)14)18-17(20-11)19-10-21(18)2/h3-10H,1-2H3. The first-order chi connectivity index (χ1) is 10.8. The van der Waals surface area contributed by atoms with E-state index in [0.29, 0.717) is 0 Å². The van der Waals surface area contributed by atoms with Gasteiger partial charge in [0.05, 0.1) is 17.4 Å². The average Bonchev–Trinajstić information content (AvgIpc) is 3.01. The van der Waals surface area contributed by atoms with Gasteiger partial charge in [-0.3, -0.25) is 4.57 Å². The summed E-state index contributed by atoms with van der Waals surface area (Å²) in [6.07, 6.45) is 1.83. The van der Waals surface area contributed by atoms with E-state index >= 15 is 0 Å². The molecule has 22 heavy (non-hydrogen) atoms. The van der Waals surface area contributed by atoms with Gasteiger partial charge in [0, 0.05) is 29.1 Å². The summed E-state index contributed by atoms with van der Waals surface area (Å²) < 4.78 is 4.34. The summed E-state index contributed by atoms with van der Waals surface area (Å²) >= 11 is 0. The lowest BCUT2D eigenvalue weighted by atomic mass is 10.1. The molecule has 2 aromatic heterocycles. The molecule has 4 heteroatoms. The van der Waals surface area contributed by atoms with Crippen molar-refractivity contribution in [3.63, 3.8) is 0 Å². The molecule has 0 N–H and O–H groups in total. The Balaban J connectivity index is 2.16. The summed E-state index contributed by atoms with van der Waals surface area (Å²) in [5.41, 5.74) is 4.59. The summed E-state index contributed by atoms with van der Waals surface area (Å²) in [4.78, 5) is 9.22. The van der Waals surface area contributed by atoms with Gasteiger partial charge in [-0.2, -0.15) is 0 Å². The molecule has 4 aromatic rings. The molecule has 3 heterocycles. The molecule has 0 fully saturated rings. The van der Waals surface area contributed by atoms with Gasteiger partial charge in [-0.15, -0.1) is 0 Å². The Morgan fingerprint density at radius 3 is 2.68 bits per heavy atom. The van der Waals surface area contributed by atoms with Crippen LogP contribution in [0.25, 0.3) is 27.6 Å². The SMILES string of the molecule is CC1=Nc2ncn(C)c2-n2c3ccccc3c3cccc1c32. The van der Waals surface area contributed by atoms with Gasteiger partial charge in [0.15, 0.2) is 11.6 Å².